The Kier molecular flexibility index (Phi) is 3.06. The molecule has 18 heavy (non-hydrogen) atoms. The van der Waals surface area contributed by atoms with Crippen LogP contribution in [-0.2, 0) is 0 Å². The zero-order valence-corrected chi connectivity index (χ0v) is 10.7. The van der Waals surface area contributed by atoms with Crippen molar-refractivity contribution >= 4 is 17.2 Å². The van der Waals surface area contributed by atoms with E-state index >= 15 is 0 Å². The van der Waals surface area contributed by atoms with Gasteiger partial charge in [0.1, 0.15) is 5.65 Å². The highest BCUT2D eigenvalue weighted by atomic mass is 35.5. The first kappa shape index (κ1) is 11.7. The lowest BCUT2D eigenvalue weighted by Gasteiger charge is -2.22. The van der Waals surface area contributed by atoms with E-state index in [0.717, 1.165) is 31.6 Å². The lowest BCUT2D eigenvalue weighted by Crippen LogP contribution is -2.28. The maximum Gasteiger partial charge on any atom is 0.258 e. The van der Waals surface area contributed by atoms with Crippen molar-refractivity contribution in [2.24, 2.45) is 0 Å². The van der Waals surface area contributed by atoms with Crippen molar-refractivity contribution in [3.05, 3.63) is 45.5 Å². The summed E-state index contributed by atoms with van der Waals surface area (Å²) in [5, 5.41) is 3.91. The Balaban J connectivity index is 2.10. The molecule has 0 aromatic carbocycles. The van der Waals surface area contributed by atoms with Crippen LogP contribution in [0.2, 0.25) is 5.02 Å². The highest BCUT2D eigenvalue weighted by Gasteiger charge is 2.17. The summed E-state index contributed by atoms with van der Waals surface area (Å²) in [6.45, 7) is 1.97. The second-order valence-electron chi connectivity index (χ2n) is 4.62. The molecule has 0 radical (unpaired) electrons. The fraction of sp³-hybridized carbons (Fsp3) is 0.385. The first-order valence-electron chi connectivity index (χ1n) is 6.13. The van der Waals surface area contributed by atoms with Crippen molar-refractivity contribution in [3.8, 4) is 0 Å². The number of aromatic nitrogens is 2. The Morgan fingerprint density at radius 3 is 2.89 bits per heavy atom. The van der Waals surface area contributed by atoms with Gasteiger partial charge in [0.05, 0.1) is 5.69 Å². The van der Waals surface area contributed by atoms with Gasteiger partial charge < -0.3 is 5.32 Å². The second kappa shape index (κ2) is 4.71. The van der Waals surface area contributed by atoms with Gasteiger partial charge in [-0.05, 0) is 32.0 Å². The standard InChI is InChI=1S/C13H14ClN3O/c14-10-3-6-17-12(7-10)16-11(8-13(17)18)9-1-4-15-5-2-9/h3,6-9,15H,1-2,4-5H2. The molecule has 5 heteroatoms. The van der Waals surface area contributed by atoms with Crippen LogP contribution < -0.4 is 10.9 Å². The van der Waals surface area contributed by atoms with Crippen LogP contribution in [0.1, 0.15) is 24.5 Å². The van der Waals surface area contributed by atoms with E-state index in [4.69, 9.17) is 11.6 Å². The van der Waals surface area contributed by atoms with E-state index in [-0.39, 0.29) is 5.56 Å². The van der Waals surface area contributed by atoms with Crippen LogP contribution in [0, 0.1) is 0 Å². The molecule has 1 aliphatic rings. The summed E-state index contributed by atoms with van der Waals surface area (Å²) in [7, 11) is 0. The maximum absolute atomic E-state index is 12.0. The highest BCUT2D eigenvalue weighted by molar-refractivity contribution is 6.30. The Labute approximate surface area is 110 Å². The van der Waals surface area contributed by atoms with Gasteiger partial charge in [-0.3, -0.25) is 9.20 Å². The van der Waals surface area contributed by atoms with E-state index in [9.17, 15) is 4.79 Å². The number of pyridine rings is 1. The fourth-order valence-electron chi connectivity index (χ4n) is 2.42. The van der Waals surface area contributed by atoms with Crippen LogP contribution in [-0.4, -0.2) is 22.5 Å². The first-order chi connectivity index (χ1) is 8.74. The quantitative estimate of drug-likeness (QED) is 0.854. The van der Waals surface area contributed by atoms with Crippen molar-refractivity contribution in [3.63, 3.8) is 0 Å². The number of halogens is 1. The van der Waals surface area contributed by atoms with E-state index in [1.165, 1.54) is 4.40 Å². The van der Waals surface area contributed by atoms with E-state index in [0.29, 0.717) is 16.6 Å². The molecule has 0 spiro atoms. The highest BCUT2D eigenvalue weighted by Crippen LogP contribution is 2.23. The number of piperidine rings is 1. The number of hydrogen-bond acceptors (Lipinski definition) is 3. The molecule has 1 saturated heterocycles. The zero-order valence-electron chi connectivity index (χ0n) is 9.90. The van der Waals surface area contributed by atoms with Crippen LogP contribution >= 0.6 is 11.6 Å². The summed E-state index contributed by atoms with van der Waals surface area (Å²) in [5.74, 6) is 0.378. The minimum atomic E-state index is -0.0369. The van der Waals surface area contributed by atoms with Crippen molar-refractivity contribution in [1.82, 2.24) is 14.7 Å². The molecule has 1 aliphatic heterocycles. The first-order valence-corrected chi connectivity index (χ1v) is 6.51. The molecule has 4 nitrogen and oxygen atoms in total. The van der Waals surface area contributed by atoms with Gasteiger partial charge in [0, 0.05) is 29.3 Å². The summed E-state index contributed by atoms with van der Waals surface area (Å²) < 4.78 is 1.52. The van der Waals surface area contributed by atoms with Gasteiger partial charge in [0.15, 0.2) is 0 Å². The fourth-order valence-corrected chi connectivity index (χ4v) is 2.58. The Morgan fingerprint density at radius 1 is 1.33 bits per heavy atom. The second-order valence-corrected chi connectivity index (χ2v) is 5.05. The predicted octanol–water partition coefficient (Wildman–Crippen LogP) is 1.81. The maximum atomic E-state index is 12.0. The number of nitrogens with one attached hydrogen (secondary N) is 1. The molecule has 3 rings (SSSR count). The van der Waals surface area contributed by atoms with Gasteiger partial charge in [-0.15, -0.1) is 0 Å². The molecule has 0 atom stereocenters. The molecule has 0 saturated carbocycles. The van der Waals surface area contributed by atoms with Gasteiger partial charge in [-0.2, -0.15) is 0 Å². The summed E-state index contributed by atoms with van der Waals surface area (Å²) in [6, 6.07) is 5.08. The Morgan fingerprint density at radius 2 is 2.11 bits per heavy atom. The number of fused-ring (bicyclic) bond motifs is 1. The Bertz CT molecular complexity index is 632. The molecule has 0 bridgehead atoms. The average molecular weight is 264 g/mol. The number of nitrogens with zero attached hydrogens (tertiary/aromatic N) is 2. The molecule has 2 aromatic rings. The van der Waals surface area contributed by atoms with Crippen molar-refractivity contribution in [2.75, 3.05) is 13.1 Å². The minimum Gasteiger partial charge on any atom is -0.317 e. The molecule has 3 heterocycles. The van der Waals surface area contributed by atoms with Crippen molar-refractivity contribution in [2.45, 2.75) is 18.8 Å². The van der Waals surface area contributed by atoms with E-state index in [1.54, 1.807) is 24.4 Å². The van der Waals surface area contributed by atoms with Gasteiger partial charge in [0.2, 0.25) is 0 Å². The summed E-state index contributed by atoms with van der Waals surface area (Å²) in [6.07, 6.45) is 3.73. The SMILES string of the molecule is O=c1cc(C2CCNCC2)nc2cc(Cl)ccn12. The van der Waals surface area contributed by atoms with Crippen LogP contribution in [0.5, 0.6) is 0 Å². The van der Waals surface area contributed by atoms with E-state index < -0.39 is 0 Å². The molecule has 0 unspecified atom stereocenters. The lowest BCUT2D eigenvalue weighted by atomic mass is 9.94. The average Bonchev–Trinajstić information content (AvgIpc) is 2.39. The number of rotatable bonds is 1. The zero-order chi connectivity index (χ0) is 12.5. The van der Waals surface area contributed by atoms with Gasteiger partial charge in [-0.1, -0.05) is 11.6 Å². The largest absolute Gasteiger partial charge is 0.317 e. The summed E-state index contributed by atoms with van der Waals surface area (Å²) in [5.41, 5.74) is 1.48. The Hall–Kier alpha value is -1.39. The van der Waals surface area contributed by atoms with E-state index in [1.807, 2.05) is 0 Å². The van der Waals surface area contributed by atoms with E-state index in [2.05, 4.69) is 10.3 Å². The van der Waals surface area contributed by atoms with Crippen LogP contribution in [0.15, 0.2) is 29.2 Å². The summed E-state index contributed by atoms with van der Waals surface area (Å²) in [4.78, 5) is 16.6. The molecular weight excluding hydrogens is 250 g/mol. The monoisotopic (exact) mass is 263 g/mol. The third-order valence-electron chi connectivity index (χ3n) is 3.41. The molecule has 2 aromatic heterocycles. The molecule has 94 valence electrons. The molecule has 1 fully saturated rings. The topological polar surface area (TPSA) is 46.4 Å². The molecule has 0 amide bonds. The smallest absolute Gasteiger partial charge is 0.258 e. The minimum absolute atomic E-state index is 0.0369. The normalized spacial score (nSPS) is 17.2. The molecule has 0 aliphatic carbocycles. The van der Waals surface area contributed by atoms with Crippen molar-refractivity contribution in [1.29, 1.82) is 0 Å². The van der Waals surface area contributed by atoms with Gasteiger partial charge in [-0.25, -0.2) is 4.98 Å². The van der Waals surface area contributed by atoms with Crippen LogP contribution in [0.25, 0.3) is 5.65 Å². The van der Waals surface area contributed by atoms with Gasteiger partial charge in [0.25, 0.3) is 5.56 Å². The number of hydrogen-bond donors (Lipinski definition) is 1. The van der Waals surface area contributed by atoms with Crippen LogP contribution in [0.4, 0.5) is 0 Å². The summed E-state index contributed by atoms with van der Waals surface area (Å²) >= 11 is 5.94. The molecular formula is C13H14ClN3O. The van der Waals surface area contributed by atoms with Gasteiger partial charge >= 0.3 is 0 Å². The van der Waals surface area contributed by atoms with Crippen LogP contribution in [0.3, 0.4) is 0 Å². The lowest BCUT2D eigenvalue weighted by molar-refractivity contribution is 0.453. The molecule has 1 N–H and O–H groups in total. The third kappa shape index (κ3) is 2.13. The van der Waals surface area contributed by atoms with Crippen molar-refractivity contribution < 1.29 is 0 Å². The predicted molar refractivity (Wildman–Crippen MR) is 71.3 cm³/mol. The third-order valence-corrected chi connectivity index (χ3v) is 3.64.